The third kappa shape index (κ3) is 3.71. The Morgan fingerprint density at radius 3 is 2.92 bits per heavy atom. The average Bonchev–Trinajstić information content (AvgIpc) is 3.25. The number of aromatic nitrogens is 3. The van der Waals surface area contributed by atoms with Crippen molar-refractivity contribution in [2.24, 2.45) is 0 Å². The van der Waals surface area contributed by atoms with Gasteiger partial charge in [-0.25, -0.2) is 0 Å². The van der Waals surface area contributed by atoms with Crippen LogP contribution in [0.5, 0.6) is 0 Å². The molecule has 0 saturated heterocycles. The largest absolute Gasteiger partial charge is 0.380 e. The van der Waals surface area contributed by atoms with E-state index >= 15 is 0 Å². The summed E-state index contributed by atoms with van der Waals surface area (Å²) in [6, 6.07) is 10.9. The van der Waals surface area contributed by atoms with Gasteiger partial charge in [-0.2, -0.15) is 5.10 Å². The number of methoxy groups -OCH3 is 1. The van der Waals surface area contributed by atoms with Crippen molar-refractivity contribution in [3.8, 4) is 10.7 Å². The predicted octanol–water partition coefficient (Wildman–Crippen LogP) is 4.02. The molecule has 0 spiro atoms. The molecule has 6 nitrogen and oxygen atoms in total. The molecule has 2 aromatic heterocycles. The molecule has 0 fully saturated rings. The van der Waals surface area contributed by atoms with Crippen LogP contribution in [0.15, 0.2) is 41.8 Å². The number of ether oxygens (including phenoxy) is 1. The van der Waals surface area contributed by atoms with Crippen LogP contribution in [0, 0.1) is 4.77 Å². The fraction of sp³-hybridized carbons (Fsp3) is 0.235. The molecule has 3 aromatic rings. The van der Waals surface area contributed by atoms with Crippen molar-refractivity contribution in [3.05, 3.63) is 52.1 Å². The van der Waals surface area contributed by atoms with E-state index in [0.29, 0.717) is 17.2 Å². The van der Waals surface area contributed by atoms with Crippen LogP contribution in [0.3, 0.4) is 0 Å². The van der Waals surface area contributed by atoms with E-state index in [0.717, 1.165) is 16.1 Å². The second kappa shape index (κ2) is 7.73. The highest BCUT2D eigenvalue weighted by Crippen LogP contribution is 2.26. The minimum absolute atomic E-state index is 0.168. The lowest BCUT2D eigenvalue weighted by atomic mass is 10.1. The van der Waals surface area contributed by atoms with Crippen molar-refractivity contribution >= 4 is 35.1 Å². The number of para-hydroxylation sites is 1. The van der Waals surface area contributed by atoms with Crippen LogP contribution in [0.25, 0.3) is 10.7 Å². The van der Waals surface area contributed by atoms with E-state index in [1.54, 1.807) is 29.9 Å². The van der Waals surface area contributed by atoms with Crippen molar-refractivity contribution in [2.75, 3.05) is 12.4 Å². The molecule has 25 heavy (non-hydrogen) atoms. The number of anilines is 1. The standard InChI is InChI=1S/C17H18N4O2S2/c1-11(16(22)18-13-7-4-3-6-12(13)10-23-2)21-15(19-20-17(21)24)14-8-5-9-25-14/h3-9,11H,10H2,1-2H3,(H,18,22)(H,20,24). The Balaban J connectivity index is 1.87. The summed E-state index contributed by atoms with van der Waals surface area (Å²) in [6.45, 7) is 2.23. The van der Waals surface area contributed by atoms with Gasteiger partial charge in [0.05, 0.1) is 11.5 Å². The zero-order valence-electron chi connectivity index (χ0n) is 13.9. The molecule has 0 aliphatic carbocycles. The minimum atomic E-state index is -0.515. The first-order valence-electron chi connectivity index (χ1n) is 7.70. The maximum Gasteiger partial charge on any atom is 0.247 e. The van der Waals surface area contributed by atoms with Gasteiger partial charge < -0.3 is 10.1 Å². The van der Waals surface area contributed by atoms with Crippen molar-refractivity contribution in [3.63, 3.8) is 0 Å². The lowest BCUT2D eigenvalue weighted by molar-refractivity contribution is -0.118. The van der Waals surface area contributed by atoms with Crippen LogP contribution in [0.4, 0.5) is 5.69 Å². The van der Waals surface area contributed by atoms with Crippen LogP contribution in [-0.2, 0) is 16.1 Å². The number of rotatable bonds is 6. The number of hydrogen-bond donors (Lipinski definition) is 2. The van der Waals surface area contributed by atoms with E-state index in [-0.39, 0.29) is 5.91 Å². The van der Waals surface area contributed by atoms with Crippen LogP contribution in [0.2, 0.25) is 0 Å². The van der Waals surface area contributed by atoms with Crippen LogP contribution < -0.4 is 5.32 Å². The molecule has 1 aromatic carbocycles. The van der Waals surface area contributed by atoms with Gasteiger partial charge in [0.2, 0.25) is 5.91 Å². The Kier molecular flexibility index (Phi) is 5.42. The van der Waals surface area contributed by atoms with Gasteiger partial charge in [0, 0.05) is 18.4 Å². The second-order valence-electron chi connectivity index (χ2n) is 5.46. The zero-order chi connectivity index (χ0) is 17.8. The Hall–Kier alpha value is -2.29. The number of benzene rings is 1. The molecule has 130 valence electrons. The summed E-state index contributed by atoms with van der Waals surface area (Å²) in [5.41, 5.74) is 1.65. The first kappa shape index (κ1) is 17.5. The van der Waals surface area contributed by atoms with Crippen LogP contribution >= 0.6 is 23.6 Å². The summed E-state index contributed by atoms with van der Waals surface area (Å²) in [4.78, 5) is 13.7. The van der Waals surface area contributed by atoms with Crippen molar-refractivity contribution in [1.29, 1.82) is 0 Å². The lowest BCUT2D eigenvalue weighted by Crippen LogP contribution is -2.25. The Morgan fingerprint density at radius 1 is 1.40 bits per heavy atom. The highest BCUT2D eigenvalue weighted by Gasteiger charge is 2.22. The molecule has 1 unspecified atom stereocenters. The highest BCUT2D eigenvalue weighted by molar-refractivity contribution is 7.71. The normalized spacial score (nSPS) is 12.1. The lowest BCUT2D eigenvalue weighted by Gasteiger charge is -2.17. The maximum atomic E-state index is 12.8. The van der Waals surface area contributed by atoms with Gasteiger partial charge in [-0.1, -0.05) is 24.3 Å². The van der Waals surface area contributed by atoms with E-state index in [4.69, 9.17) is 17.0 Å². The van der Waals surface area contributed by atoms with Crippen LogP contribution in [0.1, 0.15) is 18.5 Å². The molecule has 2 heterocycles. The number of nitrogens with zero attached hydrogens (tertiary/aromatic N) is 2. The van der Waals surface area contributed by atoms with Crippen molar-refractivity contribution in [2.45, 2.75) is 19.6 Å². The fourth-order valence-electron chi connectivity index (χ4n) is 2.52. The summed E-state index contributed by atoms with van der Waals surface area (Å²) in [5.74, 6) is 0.492. The summed E-state index contributed by atoms with van der Waals surface area (Å²) in [5, 5.41) is 12.0. The van der Waals surface area contributed by atoms with Crippen molar-refractivity contribution in [1.82, 2.24) is 14.8 Å². The second-order valence-corrected chi connectivity index (χ2v) is 6.79. The molecule has 3 rings (SSSR count). The number of carbonyl (C=O) groups is 1. The van der Waals surface area contributed by atoms with Crippen molar-refractivity contribution < 1.29 is 9.53 Å². The van der Waals surface area contributed by atoms with Gasteiger partial charge in [-0.15, -0.1) is 11.3 Å². The molecule has 0 aliphatic heterocycles. The molecule has 0 radical (unpaired) electrons. The number of carbonyl (C=O) groups excluding carboxylic acids is 1. The summed E-state index contributed by atoms with van der Waals surface area (Å²) in [7, 11) is 1.62. The molecule has 0 aliphatic rings. The quantitative estimate of drug-likeness (QED) is 0.640. The Morgan fingerprint density at radius 2 is 2.20 bits per heavy atom. The minimum Gasteiger partial charge on any atom is -0.380 e. The first-order chi connectivity index (χ1) is 12.1. The van der Waals surface area contributed by atoms with Gasteiger partial charge >= 0.3 is 0 Å². The fourth-order valence-corrected chi connectivity index (χ4v) is 3.52. The molecule has 1 amide bonds. The highest BCUT2D eigenvalue weighted by atomic mass is 32.1. The number of amides is 1. The average molecular weight is 374 g/mol. The third-order valence-corrected chi connectivity index (χ3v) is 4.94. The van der Waals surface area contributed by atoms with E-state index in [2.05, 4.69) is 15.5 Å². The molecule has 0 saturated carbocycles. The summed E-state index contributed by atoms with van der Waals surface area (Å²) < 4.78 is 7.33. The number of H-pyrrole nitrogens is 1. The molecular weight excluding hydrogens is 356 g/mol. The van der Waals surface area contributed by atoms with Gasteiger partial charge in [0.1, 0.15) is 6.04 Å². The number of thiophene rings is 1. The molecule has 1 atom stereocenters. The van der Waals surface area contributed by atoms with Gasteiger partial charge in [-0.3, -0.25) is 14.5 Å². The maximum absolute atomic E-state index is 12.8. The predicted molar refractivity (Wildman–Crippen MR) is 101 cm³/mol. The van der Waals surface area contributed by atoms with Gasteiger partial charge in [-0.05, 0) is 36.7 Å². The topological polar surface area (TPSA) is 71.9 Å². The summed E-state index contributed by atoms with van der Waals surface area (Å²) >= 11 is 6.87. The Labute approximate surface area is 154 Å². The monoisotopic (exact) mass is 374 g/mol. The number of hydrogen-bond acceptors (Lipinski definition) is 5. The van der Waals surface area contributed by atoms with E-state index < -0.39 is 6.04 Å². The molecule has 2 N–H and O–H groups in total. The Bertz CT molecular complexity index is 915. The summed E-state index contributed by atoms with van der Waals surface area (Å²) in [6.07, 6.45) is 0. The number of nitrogens with one attached hydrogen (secondary N) is 2. The zero-order valence-corrected chi connectivity index (χ0v) is 15.5. The van der Waals surface area contributed by atoms with Gasteiger partial charge in [0.25, 0.3) is 0 Å². The molecule has 8 heteroatoms. The van der Waals surface area contributed by atoms with E-state index in [1.165, 1.54) is 0 Å². The third-order valence-electron chi connectivity index (χ3n) is 3.79. The smallest absolute Gasteiger partial charge is 0.247 e. The molecular formula is C17H18N4O2S2. The SMILES string of the molecule is COCc1ccccc1NC(=O)C(C)n1c(-c2cccs2)n[nH]c1=S. The number of aromatic amines is 1. The van der Waals surface area contributed by atoms with E-state index in [9.17, 15) is 4.79 Å². The molecule has 0 bridgehead atoms. The van der Waals surface area contributed by atoms with Gasteiger partial charge in [0.15, 0.2) is 10.6 Å². The van der Waals surface area contributed by atoms with E-state index in [1.807, 2.05) is 41.8 Å². The first-order valence-corrected chi connectivity index (χ1v) is 8.99. The van der Waals surface area contributed by atoms with Crippen LogP contribution in [-0.4, -0.2) is 27.8 Å².